The van der Waals surface area contributed by atoms with Crippen LogP contribution >= 0.6 is 0 Å². The molecule has 14 heteroatoms. The van der Waals surface area contributed by atoms with Crippen LogP contribution in [0.4, 0.5) is 18.9 Å². The topological polar surface area (TPSA) is 117 Å². The number of halogens is 3. The highest BCUT2D eigenvalue weighted by molar-refractivity contribution is 6.14. The molecule has 0 aliphatic heterocycles. The van der Waals surface area contributed by atoms with Crippen LogP contribution in [0, 0.1) is 6.57 Å². The molecule has 11 nitrogen and oxygen atoms in total. The minimum atomic E-state index is -4.74. The Balaban J connectivity index is 1.25. The highest BCUT2D eigenvalue weighted by Gasteiger charge is 2.35. The quantitative estimate of drug-likeness (QED) is 0.145. The van der Waals surface area contributed by atoms with E-state index in [9.17, 15) is 6.57 Å². The Kier molecular flexibility index (Phi) is 9.36. The van der Waals surface area contributed by atoms with Crippen molar-refractivity contribution < 1.29 is 13.2 Å². The largest absolute Gasteiger partial charge is 0.417 e. The second kappa shape index (κ2) is 15.9. The summed E-state index contributed by atoms with van der Waals surface area (Å²) in [6, 6.07) is 39.3. The van der Waals surface area contributed by atoms with Gasteiger partial charge in [0.2, 0.25) is 5.69 Å². The Morgan fingerprint density at radius 3 is 1.13 bits per heavy atom. The molecule has 0 unspecified atom stereocenters. The van der Waals surface area contributed by atoms with Gasteiger partial charge in [0.25, 0.3) is 0 Å². The molecule has 0 bridgehead atoms. The van der Waals surface area contributed by atoms with Crippen LogP contribution in [0.2, 0.25) is 0 Å². The Bertz CT molecular complexity index is 3770. The molecular weight excluding hydrogens is 860 g/mol. The SMILES string of the molecule is [C-]#[N+]c1c(-n2c3cc(-c4ncccn4)ccc3c3ccc(-c4ncccn4)cc32)ccc(-c2ccccc2C(F)(F)F)c1-n1c2cc(-c3ncccn3)ccc2c2ccc(-c3ncccn3)cc21. The molecule has 0 aliphatic rings. The number of aromatic nitrogens is 10. The monoisotopic (exact) mass is 889 g/mol. The second-order valence-corrected chi connectivity index (χ2v) is 15.9. The number of alkyl halides is 3. The summed E-state index contributed by atoms with van der Waals surface area (Å²) in [5, 5.41) is 3.30. The Morgan fingerprint density at radius 2 is 0.765 bits per heavy atom. The first-order valence-electron chi connectivity index (χ1n) is 21.3. The van der Waals surface area contributed by atoms with Crippen molar-refractivity contribution in [3.8, 4) is 68.1 Å². The average Bonchev–Trinajstić information content (AvgIpc) is 3.89. The Labute approximate surface area is 384 Å². The summed E-state index contributed by atoms with van der Waals surface area (Å²) in [4.78, 5) is 40.6. The molecule has 322 valence electrons. The molecule has 0 saturated heterocycles. The maximum atomic E-state index is 15.3. The molecule has 0 spiro atoms. The van der Waals surface area contributed by atoms with Crippen molar-refractivity contribution in [2.45, 2.75) is 6.18 Å². The Morgan fingerprint density at radius 1 is 0.397 bits per heavy atom. The normalized spacial score (nSPS) is 11.7. The van der Waals surface area contributed by atoms with Gasteiger partial charge in [-0.3, -0.25) is 0 Å². The maximum Gasteiger partial charge on any atom is 0.417 e. The number of hydrogen-bond donors (Lipinski definition) is 0. The predicted molar refractivity (Wildman–Crippen MR) is 256 cm³/mol. The van der Waals surface area contributed by atoms with Gasteiger partial charge in [0, 0.05) is 93.4 Å². The first-order valence-corrected chi connectivity index (χ1v) is 21.3. The van der Waals surface area contributed by atoms with Crippen LogP contribution in [0.25, 0.3) is 117 Å². The summed E-state index contributed by atoms with van der Waals surface area (Å²) in [6.45, 7) is 9.20. The molecule has 0 aliphatic carbocycles. The molecule has 6 aromatic carbocycles. The number of nitrogens with zero attached hydrogens (tertiary/aromatic N) is 11. The first-order chi connectivity index (χ1) is 33.3. The van der Waals surface area contributed by atoms with Gasteiger partial charge in [0.05, 0.1) is 45.6 Å². The Hall–Kier alpha value is -9.48. The van der Waals surface area contributed by atoms with E-state index in [1.165, 1.54) is 12.1 Å². The van der Waals surface area contributed by atoms with Crippen LogP contribution in [0.1, 0.15) is 5.56 Å². The summed E-state index contributed by atoms with van der Waals surface area (Å²) in [6.07, 6.45) is 8.55. The smallest absolute Gasteiger partial charge is 0.319 e. The lowest BCUT2D eigenvalue weighted by atomic mass is 9.95. The molecule has 6 heterocycles. The van der Waals surface area contributed by atoms with E-state index < -0.39 is 11.7 Å². The molecule has 68 heavy (non-hydrogen) atoms. The van der Waals surface area contributed by atoms with Gasteiger partial charge in [-0.1, -0.05) is 72.8 Å². The van der Waals surface area contributed by atoms with E-state index in [2.05, 4.69) is 44.7 Å². The van der Waals surface area contributed by atoms with Gasteiger partial charge in [-0.2, -0.15) is 13.2 Å². The third kappa shape index (κ3) is 6.60. The van der Waals surface area contributed by atoms with Crippen LogP contribution in [0.5, 0.6) is 0 Å². The third-order valence-corrected chi connectivity index (χ3v) is 12.1. The van der Waals surface area contributed by atoms with E-state index in [4.69, 9.17) is 0 Å². The van der Waals surface area contributed by atoms with Crippen molar-refractivity contribution in [2.24, 2.45) is 0 Å². The van der Waals surface area contributed by atoms with Crippen molar-refractivity contribution in [1.82, 2.24) is 49.0 Å². The van der Waals surface area contributed by atoms with Crippen LogP contribution in [-0.4, -0.2) is 49.0 Å². The molecule has 0 saturated carbocycles. The van der Waals surface area contributed by atoms with Gasteiger partial charge >= 0.3 is 6.18 Å². The van der Waals surface area contributed by atoms with Gasteiger partial charge in [0.15, 0.2) is 23.3 Å². The van der Waals surface area contributed by atoms with E-state index in [1.807, 2.05) is 81.9 Å². The van der Waals surface area contributed by atoms with Crippen molar-refractivity contribution >= 4 is 49.3 Å². The van der Waals surface area contributed by atoms with E-state index in [0.717, 1.165) is 38.7 Å². The lowest BCUT2D eigenvalue weighted by Gasteiger charge is -2.22. The number of fused-ring (bicyclic) bond motifs is 6. The standard InChI is InChI=1S/C54H30F3N11/c1-58-48-43(67-44-28-32(50-59-20-4-21-60-50)10-14-37(44)38-15-11-33(29-45(38)67)51-61-22-5-23-62-51)19-18-41(36-8-2-3-9-42(36)54(55,56)57)49(48)68-46-30-34(52-63-24-6-25-64-52)12-16-39(46)40-17-13-35(31-47(40)68)53-65-26-7-27-66-53/h2-31H. The van der Waals surface area contributed by atoms with Gasteiger partial charge in [0.1, 0.15) is 0 Å². The van der Waals surface area contributed by atoms with E-state index in [0.29, 0.717) is 62.2 Å². The van der Waals surface area contributed by atoms with Gasteiger partial charge < -0.3 is 9.13 Å². The molecule has 0 amide bonds. The van der Waals surface area contributed by atoms with Crippen LogP contribution in [-0.2, 0) is 6.18 Å². The predicted octanol–water partition coefficient (Wildman–Crippen LogP) is 12.9. The first kappa shape index (κ1) is 40.1. The van der Waals surface area contributed by atoms with E-state index in [-0.39, 0.29) is 22.5 Å². The number of benzene rings is 6. The van der Waals surface area contributed by atoms with Crippen molar-refractivity contribution in [2.75, 3.05) is 0 Å². The van der Waals surface area contributed by atoms with Gasteiger partial charge in [-0.05, 0) is 71.8 Å². The van der Waals surface area contributed by atoms with E-state index >= 15 is 13.2 Å². The summed E-state index contributed by atoms with van der Waals surface area (Å²) >= 11 is 0. The summed E-state index contributed by atoms with van der Waals surface area (Å²) in [5.41, 5.74) is 5.40. The number of rotatable bonds is 7. The lowest BCUT2D eigenvalue weighted by molar-refractivity contribution is -0.137. The average molecular weight is 890 g/mol. The highest BCUT2D eigenvalue weighted by atomic mass is 19.4. The zero-order valence-electron chi connectivity index (χ0n) is 35.4. The second-order valence-electron chi connectivity index (χ2n) is 15.9. The lowest BCUT2D eigenvalue weighted by Crippen LogP contribution is -2.09. The minimum Gasteiger partial charge on any atom is -0.319 e. The summed E-state index contributed by atoms with van der Waals surface area (Å²) in [7, 11) is 0. The number of hydrogen-bond acceptors (Lipinski definition) is 8. The zero-order valence-corrected chi connectivity index (χ0v) is 35.4. The third-order valence-electron chi connectivity index (χ3n) is 12.1. The molecular formula is C54H30F3N11. The van der Waals surface area contributed by atoms with Crippen LogP contribution in [0.15, 0.2) is 183 Å². The zero-order chi connectivity index (χ0) is 45.9. The van der Waals surface area contributed by atoms with Crippen molar-refractivity contribution in [1.29, 1.82) is 0 Å². The molecule has 0 N–H and O–H groups in total. The molecule has 0 atom stereocenters. The molecule has 12 rings (SSSR count). The summed E-state index contributed by atoms with van der Waals surface area (Å²) < 4.78 is 49.7. The summed E-state index contributed by atoms with van der Waals surface area (Å²) in [5.74, 6) is 1.90. The maximum absolute atomic E-state index is 15.3. The molecule has 0 radical (unpaired) electrons. The highest BCUT2D eigenvalue weighted by Crippen LogP contribution is 2.49. The molecule has 12 aromatic rings. The fraction of sp³-hybridized carbons (Fsp3) is 0.0185. The van der Waals surface area contributed by atoms with Gasteiger partial charge in [-0.15, -0.1) is 0 Å². The van der Waals surface area contributed by atoms with Crippen LogP contribution < -0.4 is 0 Å². The molecule has 6 aromatic heterocycles. The fourth-order valence-corrected chi connectivity index (χ4v) is 9.16. The van der Waals surface area contributed by atoms with Crippen molar-refractivity contribution in [3.63, 3.8) is 0 Å². The van der Waals surface area contributed by atoms with E-state index in [1.54, 1.807) is 92.0 Å². The fourth-order valence-electron chi connectivity index (χ4n) is 9.16. The van der Waals surface area contributed by atoms with Gasteiger partial charge in [-0.25, -0.2) is 44.7 Å². The molecule has 0 fully saturated rings. The minimum absolute atomic E-state index is 0.0857. The van der Waals surface area contributed by atoms with Crippen LogP contribution in [0.3, 0.4) is 0 Å². The van der Waals surface area contributed by atoms with Crippen molar-refractivity contribution in [3.05, 3.63) is 200 Å².